The van der Waals surface area contributed by atoms with Crippen molar-refractivity contribution < 1.29 is 5.11 Å². The number of phenolic OH excluding ortho intramolecular Hbond substituents is 1. The van der Waals surface area contributed by atoms with Crippen LogP contribution in [-0.2, 0) is 6.42 Å². The van der Waals surface area contributed by atoms with Gasteiger partial charge in [-0.1, -0.05) is 24.3 Å². The molecule has 25 heavy (non-hydrogen) atoms. The van der Waals surface area contributed by atoms with Crippen molar-refractivity contribution in [3.05, 3.63) is 53.4 Å². The molecule has 1 atom stereocenters. The molecular weight excluding hydrogens is 330 g/mol. The zero-order valence-electron chi connectivity index (χ0n) is 13.9. The molecule has 1 unspecified atom stereocenters. The molecule has 2 aromatic heterocycles. The maximum absolute atomic E-state index is 10.6. The number of benzene rings is 2. The topological polar surface area (TPSA) is 85.2 Å². The quantitative estimate of drug-likeness (QED) is 0.515. The van der Waals surface area contributed by atoms with Crippen LogP contribution in [0.5, 0.6) is 5.75 Å². The Balaban J connectivity index is 1.97. The van der Waals surface area contributed by atoms with Gasteiger partial charge in [-0.3, -0.25) is 0 Å². The molecule has 0 saturated carbocycles. The van der Waals surface area contributed by atoms with E-state index in [0.717, 1.165) is 38.5 Å². The first-order valence-corrected chi connectivity index (χ1v) is 9.06. The van der Waals surface area contributed by atoms with E-state index in [1.54, 1.807) is 17.4 Å². The Hall–Kier alpha value is -2.63. The van der Waals surface area contributed by atoms with Crippen molar-refractivity contribution in [1.29, 1.82) is 0 Å². The maximum atomic E-state index is 10.6. The minimum absolute atomic E-state index is 0.120. The number of nitrogen functional groups attached to an aromatic ring is 1. The smallest absolute Gasteiger partial charge is 0.142 e. The molecule has 0 saturated heterocycles. The third-order valence-electron chi connectivity index (χ3n) is 4.37. The van der Waals surface area contributed by atoms with E-state index in [9.17, 15) is 5.11 Å². The van der Waals surface area contributed by atoms with E-state index >= 15 is 0 Å². The van der Waals surface area contributed by atoms with Crippen molar-refractivity contribution in [2.24, 2.45) is 5.73 Å². The number of pyridine rings is 1. The number of fused-ring (bicyclic) bond motifs is 3. The molecule has 0 bridgehead atoms. The molecule has 2 heterocycles. The molecule has 0 fully saturated rings. The number of hydrogen-bond donors (Lipinski definition) is 3. The van der Waals surface area contributed by atoms with Crippen LogP contribution in [0, 0.1) is 0 Å². The van der Waals surface area contributed by atoms with Gasteiger partial charge in [0, 0.05) is 22.4 Å². The summed E-state index contributed by atoms with van der Waals surface area (Å²) in [5.74, 6) is 0.771. The highest BCUT2D eigenvalue weighted by atomic mass is 32.1. The normalized spacial score (nSPS) is 12.7. The summed E-state index contributed by atoms with van der Waals surface area (Å²) in [6.07, 6.45) is 0.828. The second kappa shape index (κ2) is 6.02. The molecule has 5 N–H and O–H groups in total. The molecule has 4 rings (SSSR count). The number of thiophene rings is 1. The average Bonchev–Trinajstić information content (AvgIpc) is 3.06. The number of phenols is 1. The molecule has 2 aromatic carbocycles. The van der Waals surface area contributed by atoms with Crippen LogP contribution in [0.15, 0.2) is 47.8 Å². The fourth-order valence-electron chi connectivity index (χ4n) is 3.30. The highest BCUT2D eigenvalue weighted by Crippen LogP contribution is 2.42. The van der Waals surface area contributed by atoms with Gasteiger partial charge >= 0.3 is 0 Å². The van der Waals surface area contributed by atoms with Gasteiger partial charge in [0.2, 0.25) is 0 Å². The van der Waals surface area contributed by atoms with Crippen molar-refractivity contribution in [2.45, 2.75) is 19.4 Å². The first-order valence-electron chi connectivity index (χ1n) is 8.18. The van der Waals surface area contributed by atoms with Gasteiger partial charge in [0.15, 0.2) is 0 Å². The van der Waals surface area contributed by atoms with Crippen molar-refractivity contribution in [2.75, 3.05) is 5.73 Å². The first-order chi connectivity index (χ1) is 12.0. The van der Waals surface area contributed by atoms with E-state index in [1.165, 1.54) is 5.56 Å². The predicted octanol–water partition coefficient (Wildman–Crippen LogP) is 4.29. The lowest BCUT2D eigenvalue weighted by Crippen LogP contribution is -2.17. The van der Waals surface area contributed by atoms with Gasteiger partial charge in [-0.2, -0.15) is 0 Å². The number of hydrogen-bond acceptors (Lipinski definition) is 5. The molecule has 126 valence electrons. The van der Waals surface area contributed by atoms with Crippen molar-refractivity contribution >= 4 is 38.1 Å². The van der Waals surface area contributed by atoms with Gasteiger partial charge in [-0.15, -0.1) is 11.3 Å². The summed E-state index contributed by atoms with van der Waals surface area (Å²) in [4.78, 5) is 4.52. The Labute approximate surface area is 149 Å². The average molecular weight is 349 g/mol. The standard InChI is InChI=1S/C20H19N3OS/c1-11(21)10-12-2-4-13(5-3-12)17-16(24)7-6-15-18(17)14-8-9-25-19(14)20(22)23-15/h2-9,11,24H,10,21H2,1H3,(H2,22,23). The van der Waals surface area contributed by atoms with Gasteiger partial charge < -0.3 is 16.6 Å². The molecule has 4 nitrogen and oxygen atoms in total. The molecule has 0 spiro atoms. The zero-order valence-corrected chi connectivity index (χ0v) is 14.7. The van der Waals surface area contributed by atoms with Crippen LogP contribution < -0.4 is 11.5 Å². The van der Waals surface area contributed by atoms with Crippen LogP contribution in [0.25, 0.3) is 32.1 Å². The Morgan fingerprint density at radius 1 is 1.12 bits per heavy atom. The molecule has 0 radical (unpaired) electrons. The second-order valence-corrected chi connectivity index (χ2v) is 7.31. The minimum atomic E-state index is 0.120. The van der Waals surface area contributed by atoms with Crippen LogP contribution in [0.3, 0.4) is 0 Å². The summed E-state index contributed by atoms with van der Waals surface area (Å²) >= 11 is 1.56. The number of nitrogens with two attached hydrogens (primary N) is 2. The molecule has 0 aliphatic carbocycles. The van der Waals surface area contributed by atoms with E-state index in [-0.39, 0.29) is 11.8 Å². The number of aromatic hydroxyl groups is 1. The van der Waals surface area contributed by atoms with Crippen LogP contribution in [0.1, 0.15) is 12.5 Å². The zero-order chi connectivity index (χ0) is 17.6. The third kappa shape index (κ3) is 2.71. The molecule has 0 aliphatic heterocycles. The summed E-state index contributed by atoms with van der Waals surface area (Å²) in [7, 11) is 0. The monoisotopic (exact) mass is 349 g/mol. The Kier molecular flexibility index (Phi) is 3.82. The SMILES string of the molecule is CC(N)Cc1ccc(-c2c(O)ccc3nc(N)c4sccc4c23)cc1. The van der Waals surface area contributed by atoms with Gasteiger partial charge in [-0.05, 0) is 48.1 Å². The fourth-order valence-corrected chi connectivity index (χ4v) is 4.11. The first kappa shape index (κ1) is 15.9. The lowest BCUT2D eigenvalue weighted by Gasteiger charge is -2.12. The summed E-state index contributed by atoms with van der Waals surface area (Å²) < 4.78 is 0.952. The number of nitrogens with zero attached hydrogens (tertiary/aromatic N) is 1. The summed E-state index contributed by atoms with van der Waals surface area (Å²) in [5.41, 5.74) is 15.7. The van der Waals surface area contributed by atoms with Crippen molar-refractivity contribution in [3.63, 3.8) is 0 Å². The number of aromatic nitrogens is 1. The summed E-state index contributed by atoms with van der Waals surface area (Å²) in [5, 5.41) is 14.5. The van der Waals surface area contributed by atoms with Gasteiger partial charge in [0.1, 0.15) is 11.6 Å². The Bertz CT molecular complexity index is 1070. The summed E-state index contributed by atoms with van der Waals surface area (Å²) in [6, 6.07) is 13.8. The second-order valence-electron chi connectivity index (χ2n) is 6.39. The Morgan fingerprint density at radius 2 is 1.88 bits per heavy atom. The predicted molar refractivity (Wildman–Crippen MR) is 106 cm³/mol. The van der Waals surface area contributed by atoms with Crippen LogP contribution >= 0.6 is 11.3 Å². The van der Waals surface area contributed by atoms with Crippen LogP contribution in [0.4, 0.5) is 5.82 Å². The molecule has 4 aromatic rings. The van der Waals surface area contributed by atoms with Crippen molar-refractivity contribution in [1.82, 2.24) is 4.98 Å². The number of anilines is 1. The molecular formula is C20H19N3OS. The van der Waals surface area contributed by atoms with Crippen LogP contribution in [0.2, 0.25) is 0 Å². The maximum Gasteiger partial charge on any atom is 0.142 e. The van der Waals surface area contributed by atoms with Crippen LogP contribution in [-0.4, -0.2) is 16.1 Å². The lowest BCUT2D eigenvalue weighted by atomic mass is 9.95. The lowest BCUT2D eigenvalue weighted by molar-refractivity contribution is 0.478. The third-order valence-corrected chi connectivity index (χ3v) is 5.31. The van der Waals surface area contributed by atoms with E-state index in [1.807, 2.05) is 36.6 Å². The van der Waals surface area contributed by atoms with E-state index < -0.39 is 0 Å². The Morgan fingerprint density at radius 3 is 2.60 bits per heavy atom. The van der Waals surface area contributed by atoms with Gasteiger partial charge in [-0.25, -0.2) is 4.98 Å². The molecule has 5 heteroatoms. The summed E-state index contributed by atoms with van der Waals surface area (Å²) in [6.45, 7) is 1.99. The van der Waals surface area contributed by atoms with E-state index in [4.69, 9.17) is 11.5 Å². The highest BCUT2D eigenvalue weighted by molar-refractivity contribution is 7.18. The van der Waals surface area contributed by atoms with Gasteiger partial charge in [0.05, 0.1) is 10.2 Å². The highest BCUT2D eigenvalue weighted by Gasteiger charge is 2.16. The minimum Gasteiger partial charge on any atom is -0.507 e. The van der Waals surface area contributed by atoms with E-state index in [0.29, 0.717) is 5.82 Å². The fraction of sp³-hybridized carbons (Fsp3) is 0.150. The van der Waals surface area contributed by atoms with E-state index in [2.05, 4.69) is 17.1 Å². The molecule has 0 amide bonds. The van der Waals surface area contributed by atoms with Gasteiger partial charge in [0.25, 0.3) is 0 Å². The van der Waals surface area contributed by atoms with Crippen molar-refractivity contribution in [3.8, 4) is 16.9 Å². The largest absolute Gasteiger partial charge is 0.507 e. The molecule has 0 aliphatic rings. The number of rotatable bonds is 3.